The Bertz CT molecular complexity index is 833. The predicted molar refractivity (Wildman–Crippen MR) is 108 cm³/mol. The van der Waals surface area contributed by atoms with E-state index in [1.807, 2.05) is 23.1 Å². The van der Waals surface area contributed by atoms with Crippen molar-refractivity contribution in [2.75, 3.05) is 11.4 Å². The van der Waals surface area contributed by atoms with E-state index >= 15 is 0 Å². The minimum atomic E-state index is -0.576. The Kier molecular flexibility index (Phi) is 5.46. The van der Waals surface area contributed by atoms with Crippen molar-refractivity contribution in [1.29, 1.82) is 0 Å². The number of aromatic nitrogens is 2. The van der Waals surface area contributed by atoms with E-state index in [1.165, 1.54) is 12.0 Å². The molecule has 0 radical (unpaired) electrons. The number of hydrogen-bond acceptors (Lipinski definition) is 3. The summed E-state index contributed by atoms with van der Waals surface area (Å²) in [5.41, 5.74) is 2.14. The third-order valence-corrected chi connectivity index (χ3v) is 6.16. The zero-order valence-corrected chi connectivity index (χ0v) is 16.4. The summed E-state index contributed by atoms with van der Waals surface area (Å²) in [4.78, 5) is 32.1. The predicted octanol–water partition coefficient (Wildman–Crippen LogP) is 3.10. The molecule has 1 aliphatic heterocycles. The van der Waals surface area contributed by atoms with Crippen LogP contribution in [-0.4, -0.2) is 34.0 Å². The van der Waals surface area contributed by atoms with Crippen LogP contribution < -0.4 is 10.2 Å². The van der Waals surface area contributed by atoms with E-state index in [1.54, 1.807) is 23.3 Å². The van der Waals surface area contributed by atoms with Gasteiger partial charge in [-0.05, 0) is 36.8 Å². The molecule has 1 N–H and O–H groups in total. The Morgan fingerprint density at radius 3 is 2.86 bits per heavy atom. The second-order valence-corrected chi connectivity index (χ2v) is 8.03. The molecule has 3 unspecified atom stereocenters. The molecule has 2 aliphatic rings. The first-order valence-electron chi connectivity index (χ1n) is 10.3. The number of amides is 2. The number of fused-ring (bicyclic) bond motifs is 1. The lowest BCUT2D eigenvalue weighted by atomic mass is 9.86. The summed E-state index contributed by atoms with van der Waals surface area (Å²) in [6, 6.07) is 7.63. The van der Waals surface area contributed by atoms with Gasteiger partial charge in [-0.25, -0.2) is 4.98 Å². The van der Waals surface area contributed by atoms with Crippen molar-refractivity contribution < 1.29 is 9.59 Å². The average molecular weight is 380 g/mol. The molecule has 3 atom stereocenters. The standard InChI is InChI=1S/C22H28N4O2/c1-16-6-2-4-8-18(16)24-21(27)14-20(25-13-11-23-15-25)22(28)26-12-10-17-7-3-5-9-19(17)26/h3,5,7,9,11,13,15-16,18,20H,2,4,6,8,10,12,14H2,1H3,(H,24,27). The minimum absolute atomic E-state index is 0.0465. The summed E-state index contributed by atoms with van der Waals surface area (Å²) >= 11 is 0. The molecule has 6 nitrogen and oxygen atoms in total. The van der Waals surface area contributed by atoms with Gasteiger partial charge in [0.15, 0.2) is 0 Å². The van der Waals surface area contributed by atoms with E-state index in [-0.39, 0.29) is 24.3 Å². The molecule has 2 heterocycles. The van der Waals surface area contributed by atoms with Crippen molar-refractivity contribution in [1.82, 2.24) is 14.9 Å². The lowest BCUT2D eigenvalue weighted by molar-refractivity contribution is -0.128. The van der Waals surface area contributed by atoms with Crippen molar-refractivity contribution in [3.05, 3.63) is 48.5 Å². The van der Waals surface area contributed by atoms with Gasteiger partial charge < -0.3 is 14.8 Å². The molecule has 1 fully saturated rings. The number of carbonyl (C=O) groups is 2. The fourth-order valence-corrected chi connectivity index (χ4v) is 4.49. The van der Waals surface area contributed by atoms with Crippen molar-refractivity contribution in [2.24, 2.45) is 5.92 Å². The lowest BCUT2D eigenvalue weighted by Gasteiger charge is -2.30. The second kappa shape index (κ2) is 8.17. The highest BCUT2D eigenvalue weighted by Gasteiger charge is 2.33. The van der Waals surface area contributed by atoms with E-state index in [0.29, 0.717) is 12.5 Å². The fourth-order valence-electron chi connectivity index (χ4n) is 4.49. The van der Waals surface area contributed by atoms with Gasteiger partial charge in [-0.3, -0.25) is 9.59 Å². The summed E-state index contributed by atoms with van der Waals surface area (Å²) in [7, 11) is 0. The lowest BCUT2D eigenvalue weighted by Crippen LogP contribution is -2.44. The summed E-state index contributed by atoms with van der Waals surface area (Å²) in [6.07, 6.45) is 10.6. The molecule has 148 valence electrons. The van der Waals surface area contributed by atoms with Gasteiger partial charge >= 0.3 is 0 Å². The number of anilines is 1. The number of nitrogens with one attached hydrogen (secondary N) is 1. The van der Waals surface area contributed by atoms with Gasteiger partial charge in [0.2, 0.25) is 5.91 Å². The van der Waals surface area contributed by atoms with Crippen LogP contribution in [0.1, 0.15) is 50.6 Å². The summed E-state index contributed by atoms with van der Waals surface area (Å²) in [6.45, 7) is 2.86. The molecule has 6 heteroatoms. The maximum Gasteiger partial charge on any atom is 0.250 e. The molecule has 1 aliphatic carbocycles. The number of rotatable bonds is 5. The van der Waals surface area contributed by atoms with E-state index in [4.69, 9.17) is 0 Å². The Morgan fingerprint density at radius 2 is 2.07 bits per heavy atom. The van der Waals surface area contributed by atoms with Gasteiger partial charge in [-0.15, -0.1) is 0 Å². The van der Waals surface area contributed by atoms with Gasteiger partial charge in [0.05, 0.1) is 12.7 Å². The van der Waals surface area contributed by atoms with Crippen LogP contribution >= 0.6 is 0 Å². The zero-order chi connectivity index (χ0) is 19.5. The molecule has 1 saturated carbocycles. The Labute approximate surface area is 165 Å². The first-order valence-corrected chi connectivity index (χ1v) is 10.3. The van der Waals surface area contributed by atoms with Crippen LogP contribution in [0, 0.1) is 5.92 Å². The largest absolute Gasteiger partial charge is 0.353 e. The van der Waals surface area contributed by atoms with Gasteiger partial charge in [0.1, 0.15) is 6.04 Å². The molecule has 2 aromatic rings. The molecule has 2 amide bonds. The van der Waals surface area contributed by atoms with Crippen molar-refractivity contribution in [2.45, 2.75) is 57.5 Å². The molecule has 4 rings (SSSR count). The van der Waals surface area contributed by atoms with Crippen LogP contribution in [0.15, 0.2) is 43.0 Å². The Morgan fingerprint density at radius 1 is 1.25 bits per heavy atom. The van der Waals surface area contributed by atoms with Crippen LogP contribution in [0.2, 0.25) is 0 Å². The number of carbonyl (C=O) groups excluding carboxylic acids is 2. The Hall–Kier alpha value is -2.63. The van der Waals surface area contributed by atoms with Crippen molar-refractivity contribution in [3.8, 4) is 0 Å². The molecule has 0 saturated heterocycles. The van der Waals surface area contributed by atoms with E-state index in [0.717, 1.165) is 31.4 Å². The van der Waals surface area contributed by atoms with Gasteiger partial charge in [0, 0.05) is 30.7 Å². The molecule has 28 heavy (non-hydrogen) atoms. The quantitative estimate of drug-likeness (QED) is 0.867. The van der Waals surface area contributed by atoms with Crippen LogP contribution in [0.25, 0.3) is 0 Å². The molecule has 1 aromatic heterocycles. The minimum Gasteiger partial charge on any atom is -0.353 e. The topological polar surface area (TPSA) is 67.2 Å². The maximum atomic E-state index is 13.4. The first kappa shape index (κ1) is 18.7. The number of imidazole rings is 1. The molecular weight excluding hydrogens is 352 g/mol. The zero-order valence-electron chi connectivity index (χ0n) is 16.4. The summed E-state index contributed by atoms with van der Waals surface area (Å²) in [5, 5.41) is 3.18. The third-order valence-electron chi connectivity index (χ3n) is 6.16. The monoisotopic (exact) mass is 380 g/mol. The highest BCUT2D eigenvalue weighted by atomic mass is 16.2. The highest BCUT2D eigenvalue weighted by Crippen LogP contribution is 2.30. The van der Waals surface area contributed by atoms with Gasteiger partial charge in [-0.2, -0.15) is 0 Å². The molecule has 1 aromatic carbocycles. The number of benzene rings is 1. The number of para-hydroxylation sites is 1. The fraction of sp³-hybridized carbons (Fsp3) is 0.500. The van der Waals surface area contributed by atoms with Crippen molar-refractivity contribution >= 4 is 17.5 Å². The summed E-state index contributed by atoms with van der Waals surface area (Å²) in [5.74, 6) is 0.388. The van der Waals surface area contributed by atoms with E-state index in [2.05, 4.69) is 23.3 Å². The van der Waals surface area contributed by atoms with Crippen molar-refractivity contribution in [3.63, 3.8) is 0 Å². The SMILES string of the molecule is CC1CCCCC1NC(=O)CC(C(=O)N1CCc2ccccc21)n1ccnc1. The Balaban J connectivity index is 1.50. The molecular formula is C22H28N4O2. The normalized spacial score (nSPS) is 22.5. The average Bonchev–Trinajstić information content (AvgIpc) is 3.37. The van der Waals surface area contributed by atoms with Crippen LogP contribution in [0.4, 0.5) is 5.69 Å². The number of hydrogen-bond donors (Lipinski definition) is 1. The summed E-state index contributed by atoms with van der Waals surface area (Å²) < 4.78 is 1.76. The molecule has 0 bridgehead atoms. The highest BCUT2D eigenvalue weighted by molar-refractivity contribution is 6.00. The first-order chi connectivity index (χ1) is 13.6. The van der Waals surface area contributed by atoms with E-state index in [9.17, 15) is 9.59 Å². The third kappa shape index (κ3) is 3.81. The van der Waals surface area contributed by atoms with Gasteiger partial charge in [-0.1, -0.05) is 38.0 Å². The maximum absolute atomic E-state index is 13.4. The second-order valence-electron chi connectivity index (χ2n) is 8.03. The van der Waals surface area contributed by atoms with E-state index < -0.39 is 6.04 Å². The molecule has 0 spiro atoms. The van der Waals surface area contributed by atoms with Crippen LogP contribution in [-0.2, 0) is 16.0 Å². The van der Waals surface area contributed by atoms with Crippen LogP contribution in [0.3, 0.4) is 0 Å². The van der Waals surface area contributed by atoms with Crippen LogP contribution in [0.5, 0.6) is 0 Å². The smallest absolute Gasteiger partial charge is 0.250 e. The number of nitrogens with zero attached hydrogens (tertiary/aromatic N) is 3. The van der Waals surface area contributed by atoms with Gasteiger partial charge in [0.25, 0.3) is 5.91 Å².